The zero-order valence-corrected chi connectivity index (χ0v) is 14.6. The second-order valence-electron chi connectivity index (χ2n) is 7.14. The smallest absolute Gasteiger partial charge is 0.255 e. The molecule has 1 amide bonds. The predicted octanol–water partition coefficient (Wildman–Crippen LogP) is 1.47. The number of carbonyl (C=O) groups is 1. The van der Waals surface area contributed by atoms with Crippen LogP contribution in [0.2, 0.25) is 0 Å². The molecule has 0 spiro atoms. The normalized spacial score (nSPS) is 18.9. The molecular formula is C19H24N4O2. The lowest BCUT2D eigenvalue weighted by molar-refractivity contribution is -0.138. The summed E-state index contributed by atoms with van der Waals surface area (Å²) in [5.74, 6) is 0.899. The van der Waals surface area contributed by atoms with Gasteiger partial charge in [0.25, 0.3) is 5.56 Å². The molecule has 0 N–H and O–H groups in total. The molecule has 2 aliphatic rings. The highest BCUT2D eigenvalue weighted by molar-refractivity contribution is 5.79. The Morgan fingerprint density at radius 2 is 2.08 bits per heavy atom. The zero-order valence-electron chi connectivity index (χ0n) is 14.6. The van der Waals surface area contributed by atoms with E-state index in [2.05, 4.69) is 9.88 Å². The molecule has 6 nitrogen and oxygen atoms in total. The van der Waals surface area contributed by atoms with Crippen LogP contribution in [0.4, 0.5) is 0 Å². The molecule has 2 aromatic rings. The summed E-state index contributed by atoms with van der Waals surface area (Å²) < 4.78 is 1.70. The third-order valence-electron chi connectivity index (χ3n) is 5.24. The van der Waals surface area contributed by atoms with Crippen LogP contribution in [0, 0.1) is 5.92 Å². The van der Waals surface area contributed by atoms with Crippen molar-refractivity contribution in [1.82, 2.24) is 19.4 Å². The number of rotatable bonds is 5. The van der Waals surface area contributed by atoms with Gasteiger partial charge >= 0.3 is 0 Å². The molecule has 25 heavy (non-hydrogen) atoms. The number of aromatic nitrogens is 2. The molecule has 1 aliphatic carbocycles. The summed E-state index contributed by atoms with van der Waals surface area (Å²) in [6.45, 7) is 5.35. The maximum atomic E-state index is 12.8. The van der Waals surface area contributed by atoms with Crippen LogP contribution >= 0.6 is 0 Å². The molecule has 2 fully saturated rings. The quantitative estimate of drug-likeness (QED) is 0.827. The molecule has 1 saturated carbocycles. The minimum atomic E-state index is -0.0174. The van der Waals surface area contributed by atoms with Crippen LogP contribution in [0.25, 0.3) is 11.0 Å². The molecule has 2 aromatic heterocycles. The van der Waals surface area contributed by atoms with Gasteiger partial charge in [0.1, 0.15) is 6.67 Å². The summed E-state index contributed by atoms with van der Waals surface area (Å²) in [6, 6.07) is 5.60. The summed E-state index contributed by atoms with van der Waals surface area (Å²) in [7, 11) is 0. The second-order valence-corrected chi connectivity index (χ2v) is 7.14. The molecule has 6 heteroatoms. The highest BCUT2D eigenvalue weighted by atomic mass is 16.2. The molecule has 0 radical (unpaired) electrons. The van der Waals surface area contributed by atoms with Gasteiger partial charge in [-0.2, -0.15) is 0 Å². The van der Waals surface area contributed by atoms with E-state index in [1.807, 2.05) is 25.1 Å². The average molecular weight is 340 g/mol. The standard InChI is InChI=1S/C19H24N4O2/c1-2-15-10-16-17(4-3-7-20-16)23(19(15)25)13-22-9-8-21(12-18(22)24)11-14-5-6-14/h3-4,7,10,14H,2,5-6,8-9,11-13H2,1H3. The lowest BCUT2D eigenvalue weighted by Crippen LogP contribution is -2.51. The van der Waals surface area contributed by atoms with Crippen molar-refractivity contribution in [3.8, 4) is 0 Å². The Morgan fingerprint density at radius 1 is 1.24 bits per heavy atom. The van der Waals surface area contributed by atoms with Crippen molar-refractivity contribution in [3.63, 3.8) is 0 Å². The van der Waals surface area contributed by atoms with Crippen LogP contribution in [0.3, 0.4) is 0 Å². The summed E-state index contributed by atoms with van der Waals surface area (Å²) >= 11 is 0. The number of piperazine rings is 1. The predicted molar refractivity (Wildman–Crippen MR) is 96.3 cm³/mol. The van der Waals surface area contributed by atoms with E-state index < -0.39 is 0 Å². The van der Waals surface area contributed by atoms with E-state index in [0.29, 0.717) is 26.2 Å². The highest BCUT2D eigenvalue weighted by Crippen LogP contribution is 2.30. The van der Waals surface area contributed by atoms with Crippen molar-refractivity contribution in [2.24, 2.45) is 5.92 Å². The summed E-state index contributed by atoms with van der Waals surface area (Å²) in [6.07, 6.45) is 4.99. The Morgan fingerprint density at radius 3 is 2.80 bits per heavy atom. The van der Waals surface area contributed by atoms with Gasteiger partial charge in [-0.25, -0.2) is 0 Å². The van der Waals surface area contributed by atoms with Gasteiger partial charge in [-0.1, -0.05) is 6.92 Å². The second kappa shape index (κ2) is 6.59. The van der Waals surface area contributed by atoms with Crippen LogP contribution in [0.5, 0.6) is 0 Å². The van der Waals surface area contributed by atoms with Gasteiger partial charge in [-0.05, 0) is 43.4 Å². The third kappa shape index (κ3) is 3.31. The first kappa shape index (κ1) is 16.3. The van der Waals surface area contributed by atoms with Crippen LogP contribution in [-0.4, -0.2) is 51.4 Å². The minimum Gasteiger partial charge on any atom is -0.322 e. The van der Waals surface area contributed by atoms with E-state index in [0.717, 1.165) is 35.6 Å². The van der Waals surface area contributed by atoms with Crippen LogP contribution < -0.4 is 5.56 Å². The van der Waals surface area contributed by atoms with Gasteiger partial charge < -0.3 is 4.90 Å². The molecular weight excluding hydrogens is 316 g/mol. The van der Waals surface area contributed by atoms with Crippen LogP contribution in [-0.2, 0) is 17.9 Å². The van der Waals surface area contributed by atoms with Crippen molar-refractivity contribution < 1.29 is 4.79 Å². The fraction of sp³-hybridized carbons (Fsp3) is 0.526. The third-order valence-corrected chi connectivity index (χ3v) is 5.24. The molecule has 1 saturated heterocycles. The van der Waals surface area contributed by atoms with Gasteiger partial charge in [0.05, 0.1) is 17.6 Å². The Bertz CT molecular complexity index is 856. The molecule has 0 unspecified atom stereocenters. The first-order chi connectivity index (χ1) is 12.2. The lowest BCUT2D eigenvalue weighted by Gasteiger charge is -2.34. The number of pyridine rings is 2. The lowest BCUT2D eigenvalue weighted by atomic mass is 10.2. The van der Waals surface area contributed by atoms with E-state index in [1.165, 1.54) is 12.8 Å². The van der Waals surface area contributed by atoms with Crippen LogP contribution in [0.1, 0.15) is 25.3 Å². The van der Waals surface area contributed by atoms with E-state index >= 15 is 0 Å². The molecule has 0 atom stereocenters. The average Bonchev–Trinajstić information content (AvgIpc) is 3.43. The molecule has 132 valence electrons. The van der Waals surface area contributed by atoms with E-state index in [4.69, 9.17) is 0 Å². The molecule has 0 aromatic carbocycles. The molecule has 0 bridgehead atoms. The van der Waals surface area contributed by atoms with Gasteiger partial charge in [0.2, 0.25) is 5.91 Å². The van der Waals surface area contributed by atoms with E-state index in [9.17, 15) is 9.59 Å². The first-order valence-corrected chi connectivity index (χ1v) is 9.13. The van der Waals surface area contributed by atoms with Gasteiger partial charge in [-0.15, -0.1) is 0 Å². The summed E-state index contributed by atoms with van der Waals surface area (Å²) in [5.41, 5.74) is 2.32. The van der Waals surface area contributed by atoms with Gasteiger partial charge in [0, 0.05) is 31.4 Å². The number of fused-ring (bicyclic) bond motifs is 1. The fourth-order valence-corrected chi connectivity index (χ4v) is 3.55. The summed E-state index contributed by atoms with van der Waals surface area (Å²) in [4.78, 5) is 33.8. The number of hydrogen-bond acceptors (Lipinski definition) is 4. The highest BCUT2D eigenvalue weighted by Gasteiger charge is 2.30. The van der Waals surface area contributed by atoms with Crippen molar-refractivity contribution in [2.75, 3.05) is 26.2 Å². The topological polar surface area (TPSA) is 58.4 Å². The largest absolute Gasteiger partial charge is 0.322 e. The van der Waals surface area contributed by atoms with Crippen LogP contribution in [0.15, 0.2) is 29.2 Å². The molecule has 4 rings (SSSR count). The maximum Gasteiger partial charge on any atom is 0.255 e. The monoisotopic (exact) mass is 340 g/mol. The molecule has 1 aliphatic heterocycles. The SMILES string of the molecule is CCc1cc2ncccc2n(CN2CCN(CC3CC3)CC2=O)c1=O. The van der Waals surface area contributed by atoms with E-state index in [1.54, 1.807) is 15.7 Å². The Kier molecular flexibility index (Phi) is 4.29. The minimum absolute atomic E-state index is 0.0174. The fourth-order valence-electron chi connectivity index (χ4n) is 3.55. The molecule has 3 heterocycles. The Hall–Kier alpha value is -2.21. The van der Waals surface area contributed by atoms with Crippen molar-refractivity contribution >= 4 is 16.9 Å². The number of hydrogen-bond donors (Lipinski definition) is 0. The number of amides is 1. The number of nitrogens with zero attached hydrogens (tertiary/aromatic N) is 4. The van der Waals surface area contributed by atoms with Gasteiger partial charge in [-0.3, -0.25) is 24.0 Å². The van der Waals surface area contributed by atoms with E-state index in [-0.39, 0.29) is 11.5 Å². The first-order valence-electron chi connectivity index (χ1n) is 9.13. The van der Waals surface area contributed by atoms with Crippen molar-refractivity contribution in [1.29, 1.82) is 0 Å². The number of aryl methyl sites for hydroxylation is 1. The maximum absolute atomic E-state index is 12.8. The zero-order chi connectivity index (χ0) is 17.4. The van der Waals surface area contributed by atoms with Gasteiger partial charge in [0.15, 0.2) is 0 Å². The number of carbonyl (C=O) groups excluding carboxylic acids is 1. The Labute approximate surface area is 147 Å². The summed E-state index contributed by atoms with van der Waals surface area (Å²) in [5, 5.41) is 0. The van der Waals surface area contributed by atoms with Crippen molar-refractivity contribution in [3.05, 3.63) is 40.3 Å². The van der Waals surface area contributed by atoms with Crippen molar-refractivity contribution in [2.45, 2.75) is 32.9 Å². The Balaban J connectivity index is 1.59.